The summed E-state index contributed by atoms with van der Waals surface area (Å²) in [5.74, 6) is 0. The van der Waals surface area contributed by atoms with Crippen molar-refractivity contribution in [1.82, 2.24) is 0 Å². The smallest absolute Gasteiger partial charge is 0.00821 e. The zero-order valence-corrected chi connectivity index (χ0v) is 8.03. The minimum Gasteiger partial charge on any atom is -0.0801 e. The molecule has 0 unspecified atom stereocenters. The van der Waals surface area contributed by atoms with Crippen molar-refractivity contribution in [2.24, 2.45) is 0 Å². The predicted octanol–water partition coefficient (Wildman–Crippen LogP) is 3.51. The maximum absolute atomic E-state index is 2.32. The van der Waals surface area contributed by atoms with Crippen molar-refractivity contribution < 1.29 is 0 Å². The summed E-state index contributed by atoms with van der Waals surface area (Å²) >= 11 is 0. The Bertz CT molecular complexity index is 459. The lowest BCUT2D eigenvalue weighted by molar-refractivity contribution is 1.19. The van der Waals surface area contributed by atoms with Gasteiger partial charge in [-0.25, -0.2) is 0 Å². The van der Waals surface area contributed by atoms with Gasteiger partial charge in [0.15, 0.2) is 0 Å². The van der Waals surface area contributed by atoms with Crippen molar-refractivity contribution >= 4 is 5.57 Å². The molecule has 0 fully saturated rings. The van der Waals surface area contributed by atoms with Crippen molar-refractivity contribution in [3.05, 3.63) is 65.3 Å². The fraction of sp³-hybridized carbons (Fsp3) is 0.143. The van der Waals surface area contributed by atoms with E-state index in [1.165, 1.54) is 22.3 Å². The second-order valence-corrected chi connectivity index (χ2v) is 3.78. The number of hydrogen-bond donors (Lipinski definition) is 0. The van der Waals surface area contributed by atoms with Gasteiger partial charge in [0.1, 0.15) is 0 Å². The van der Waals surface area contributed by atoms with E-state index in [1.54, 1.807) is 0 Å². The molecule has 0 spiro atoms. The third-order valence-electron chi connectivity index (χ3n) is 2.92. The first kappa shape index (κ1) is 7.81. The molecule has 0 saturated carbocycles. The summed E-state index contributed by atoms with van der Waals surface area (Å²) in [5, 5.41) is 0. The lowest BCUT2D eigenvalue weighted by Crippen LogP contribution is -2.02. The molecular weight excluding hydrogens is 168 g/mol. The molecule has 0 nitrogen and oxygen atoms in total. The summed E-state index contributed by atoms with van der Waals surface area (Å²) in [5.41, 5.74) is 5.71. The Morgan fingerprint density at radius 1 is 1.00 bits per heavy atom. The molecule has 0 heteroatoms. The van der Waals surface area contributed by atoms with Crippen LogP contribution in [0.3, 0.4) is 0 Å². The van der Waals surface area contributed by atoms with E-state index in [1.807, 2.05) is 0 Å². The van der Waals surface area contributed by atoms with Gasteiger partial charge in [0.2, 0.25) is 0 Å². The zero-order valence-electron chi connectivity index (χ0n) is 8.03. The maximum Gasteiger partial charge on any atom is -0.00821 e. The van der Waals surface area contributed by atoms with Crippen LogP contribution in [0, 0.1) is 0 Å². The molecule has 0 aromatic heterocycles. The molecule has 0 amide bonds. The van der Waals surface area contributed by atoms with Crippen LogP contribution in [0.1, 0.15) is 17.5 Å². The van der Waals surface area contributed by atoms with Gasteiger partial charge in [0.25, 0.3) is 0 Å². The Hall–Kier alpha value is -1.56. The van der Waals surface area contributed by atoms with E-state index < -0.39 is 0 Å². The molecule has 0 aliphatic heterocycles. The first-order valence-electron chi connectivity index (χ1n) is 5.11. The minimum atomic E-state index is 1.07. The molecule has 1 aromatic rings. The summed E-state index contributed by atoms with van der Waals surface area (Å²) in [6.45, 7) is 0. The topological polar surface area (TPSA) is 0 Å². The third kappa shape index (κ3) is 1.07. The second kappa shape index (κ2) is 2.98. The van der Waals surface area contributed by atoms with Crippen molar-refractivity contribution in [1.29, 1.82) is 0 Å². The standard InChI is InChI=1S/C14H12/c1-3-7-13-11(5-1)9-10-12-6-2-4-8-14(12)13/h1-3,5-8,10H,4,9H2. The summed E-state index contributed by atoms with van der Waals surface area (Å²) in [6, 6.07) is 8.70. The average Bonchev–Trinajstić information content (AvgIpc) is 2.29. The van der Waals surface area contributed by atoms with E-state index in [0.29, 0.717) is 0 Å². The SMILES string of the molecule is C1=CC2=CCc3ccccc3C2=CC1. The van der Waals surface area contributed by atoms with Crippen molar-refractivity contribution in [2.45, 2.75) is 12.8 Å². The Morgan fingerprint density at radius 3 is 2.93 bits per heavy atom. The van der Waals surface area contributed by atoms with Crippen LogP contribution in [0.5, 0.6) is 0 Å². The summed E-state index contributed by atoms with van der Waals surface area (Å²) in [6.07, 6.45) is 11.3. The van der Waals surface area contributed by atoms with Crippen molar-refractivity contribution in [3.63, 3.8) is 0 Å². The molecule has 0 heterocycles. The molecule has 1 aromatic carbocycles. The molecule has 3 rings (SSSR count). The highest BCUT2D eigenvalue weighted by Gasteiger charge is 2.15. The molecule has 2 aliphatic carbocycles. The largest absolute Gasteiger partial charge is 0.0801 e. The first-order valence-corrected chi connectivity index (χ1v) is 5.11. The number of hydrogen-bond acceptors (Lipinski definition) is 0. The van der Waals surface area contributed by atoms with Crippen molar-refractivity contribution in [3.8, 4) is 0 Å². The van der Waals surface area contributed by atoms with Crippen LogP contribution < -0.4 is 0 Å². The highest BCUT2D eigenvalue weighted by molar-refractivity contribution is 5.86. The van der Waals surface area contributed by atoms with Crippen LogP contribution >= 0.6 is 0 Å². The second-order valence-electron chi connectivity index (χ2n) is 3.78. The van der Waals surface area contributed by atoms with Crippen LogP contribution in [0.4, 0.5) is 0 Å². The molecule has 0 bridgehead atoms. The summed E-state index contributed by atoms with van der Waals surface area (Å²) in [4.78, 5) is 0. The maximum atomic E-state index is 2.32. The van der Waals surface area contributed by atoms with Crippen molar-refractivity contribution in [2.75, 3.05) is 0 Å². The van der Waals surface area contributed by atoms with Crippen LogP contribution in [-0.4, -0.2) is 0 Å². The third-order valence-corrected chi connectivity index (χ3v) is 2.92. The van der Waals surface area contributed by atoms with Gasteiger partial charge in [-0.3, -0.25) is 0 Å². The highest BCUT2D eigenvalue weighted by Crippen LogP contribution is 2.34. The van der Waals surface area contributed by atoms with E-state index >= 15 is 0 Å². The molecule has 0 atom stereocenters. The highest BCUT2D eigenvalue weighted by atomic mass is 14.2. The summed E-state index contributed by atoms with van der Waals surface area (Å²) in [7, 11) is 0. The Kier molecular flexibility index (Phi) is 1.66. The number of rotatable bonds is 0. The molecule has 0 N–H and O–H groups in total. The van der Waals surface area contributed by atoms with Crippen LogP contribution in [0.15, 0.2) is 54.1 Å². The monoisotopic (exact) mass is 180 g/mol. The van der Waals surface area contributed by atoms with Gasteiger partial charge in [0, 0.05) is 0 Å². The lowest BCUT2D eigenvalue weighted by Gasteiger charge is -2.20. The molecular formula is C14H12. The van der Waals surface area contributed by atoms with E-state index in [4.69, 9.17) is 0 Å². The van der Waals surface area contributed by atoms with Gasteiger partial charge in [0.05, 0.1) is 0 Å². The first-order chi connectivity index (χ1) is 6.95. The normalized spacial score (nSPS) is 18.0. The Labute approximate surface area is 84.3 Å². The molecule has 0 saturated heterocycles. The number of allylic oxidation sites excluding steroid dienone is 6. The predicted molar refractivity (Wildman–Crippen MR) is 60.0 cm³/mol. The Morgan fingerprint density at radius 2 is 1.93 bits per heavy atom. The Balaban J connectivity index is 2.20. The molecule has 68 valence electrons. The van der Waals surface area contributed by atoms with Gasteiger partial charge in [-0.1, -0.05) is 48.6 Å². The van der Waals surface area contributed by atoms with Crippen LogP contribution in [-0.2, 0) is 6.42 Å². The van der Waals surface area contributed by atoms with Crippen LogP contribution in [0.2, 0.25) is 0 Å². The van der Waals surface area contributed by atoms with E-state index in [2.05, 4.69) is 48.6 Å². The van der Waals surface area contributed by atoms with E-state index in [0.717, 1.165) is 12.8 Å². The number of benzene rings is 1. The van der Waals surface area contributed by atoms with Gasteiger partial charge < -0.3 is 0 Å². The minimum absolute atomic E-state index is 1.07. The average molecular weight is 180 g/mol. The van der Waals surface area contributed by atoms with Gasteiger partial charge >= 0.3 is 0 Å². The van der Waals surface area contributed by atoms with Gasteiger partial charge in [-0.2, -0.15) is 0 Å². The van der Waals surface area contributed by atoms with Gasteiger partial charge in [-0.15, -0.1) is 0 Å². The number of fused-ring (bicyclic) bond motifs is 3. The van der Waals surface area contributed by atoms with Crippen LogP contribution in [0.25, 0.3) is 5.57 Å². The zero-order chi connectivity index (χ0) is 9.38. The summed E-state index contributed by atoms with van der Waals surface area (Å²) < 4.78 is 0. The fourth-order valence-corrected chi connectivity index (χ4v) is 2.21. The fourth-order valence-electron chi connectivity index (χ4n) is 2.21. The van der Waals surface area contributed by atoms with Gasteiger partial charge in [-0.05, 0) is 35.1 Å². The van der Waals surface area contributed by atoms with E-state index in [9.17, 15) is 0 Å². The quantitative estimate of drug-likeness (QED) is 0.573. The molecule has 0 radical (unpaired) electrons. The lowest BCUT2D eigenvalue weighted by atomic mass is 9.84. The van der Waals surface area contributed by atoms with E-state index in [-0.39, 0.29) is 0 Å². The molecule has 2 aliphatic rings. The molecule has 14 heavy (non-hydrogen) atoms.